The molecule has 3 nitrogen and oxygen atoms in total. The van der Waals surface area contributed by atoms with E-state index in [4.69, 9.17) is 0 Å². The van der Waals surface area contributed by atoms with Gasteiger partial charge >= 0.3 is 0 Å². The zero-order chi connectivity index (χ0) is 15.0. The van der Waals surface area contributed by atoms with E-state index in [2.05, 4.69) is 16.7 Å². The number of hydrogen-bond donors (Lipinski definition) is 1. The molecule has 1 aromatic rings. The van der Waals surface area contributed by atoms with Gasteiger partial charge in [-0.25, -0.2) is 8.78 Å². The molecule has 2 saturated heterocycles. The van der Waals surface area contributed by atoms with Gasteiger partial charge in [0.15, 0.2) is 17.4 Å². The Labute approximate surface area is 124 Å². The van der Waals surface area contributed by atoms with Crippen molar-refractivity contribution >= 4 is 0 Å². The minimum atomic E-state index is -0.885. The van der Waals surface area contributed by atoms with Crippen LogP contribution in [0, 0.1) is 11.6 Å². The van der Waals surface area contributed by atoms with Crippen LogP contribution in [0.4, 0.5) is 8.78 Å². The molecule has 1 N–H and O–H groups in total. The Bertz CT molecular complexity index is 500. The predicted molar refractivity (Wildman–Crippen MR) is 77.1 cm³/mol. The van der Waals surface area contributed by atoms with Crippen molar-refractivity contribution in [2.75, 3.05) is 19.6 Å². The second kappa shape index (κ2) is 5.89. The van der Waals surface area contributed by atoms with Crippen LogP contribution in [-0.2, 0) is 6.54 Å². The standard InChI is InChI=1S/C16H22F2N2O/c1-11-8-19-5-3-2-4-13(19)10-20(11)9-12-6-14(17)16(21)15(18)7-12/h6-7,11,13,21H,2-5,8-10H2,1H3. The van der Waals surface area contributed by atoms with E-state index in [0.29, 0.717) is 24.2 Å². The lowest BCUT2D eigenvalue weighted by Crippen LogP contribution is -2.58. The highest BCUT2D eigenvalue weighted by Crippen LogP contribution is 2.27. The fourth-order valence-electron chi connectivity index (χ4n) is 3.58. The highest BCUT2D eigenvalue weighted by Gasteiger charge is 2.32. The zero-order valence-electron chi connectivity index (χ0n) is 12.4. The van der Waals surface area contributed by atoms with Crippen LogP contribution in [0.25, 0.3) is 0 Å². The number of nitrogens with zero attached hydrogens (tertiary/aromatic N) is 2. The van der Waals surface area contributed by atoms with Crippen molar-refractivity contribution in [2.45, 2.75) is 44.8 Å². The smallest absolute Gasteiger partial charge is 0.187 e. The van der Waals surface area contributed by atoms with Gasteiger partial charge in [-0.3, -0.25) is 9.80 Å². The first kappa shape index (κ1) is 14.7. The lowest BCUT2D eigenvalue weighted by atomic mass is 9.96. The highest BCUT2D eigenvalue weighted by molar-refractivity contribution is 5.30. The summed E-state index contributed by atoms with van der Waals surface area (Å²) in [5, 5.41) is 9.17. The molecular formula is C16H22F2N2O. The molecule has 21 heavy (non-hydrogen) atoms. The Morgan fingerprint density at radius 3 is 2.62 bits per heavy atom. The van der Waals surface area contributed by atoms with Gasteiger partial charge in [0.05, 0.1) is 0 Å². The summed E-state index contributed by atoms with van der Waals surface area (Å²) in [6.07, 6.45) is 3.75. The van der Waals surface area contributed by atoms with Gasteiger partial charge in [0, 0.05) is 31.7 Å². The van der Waals surface area contributed by atoms with E-state index < -0.39 is 17.4 Å². The number of halogens is 2. The second-order valence-electron chi connectivity index (χ2n) is 6.33. The molecule has 0 amide bonds. The lowest BCUT2D eigenvalue weighted by Gasteiger charge is -2.47. The first-order valence-electron chi connectivity index (χ1n) is 7.69. The topological polar surface area (TPSA) is 26.7 Å². The van der Waals surface area contributed by atoms with Gasteiger partial charge in [-0.05, 0) is 44.0 Å². The summed E-state index contributed by atoms with van der Waals surface area (Å²) in [4.78, 5) is 4.83. The number of aromatic hydroxyl groups is 1. The number of rotatable bonds is 2. The van der Waals surface area contributed by atoms with Gasteiger partial charge in [-0.2, -0.15) is 0 Å². The van der Waals surface area contributed by atoms with Crippen LogP contribution in [0.2, 0.25) is 0 Å². The van der Waals surface area contributed by atoms with E-state index >= 15 is 0 Å². The third-order valence-electron chi connectivity index (χ3n) is 4.78. The minimum absolute atomic E-state index is 0.374. The largest absolute Gasteiger partial charge is 0.503 e. The number of piperidine rings is 1. The van der Waals surface area contributed by atoms with Gasteiger partial charge in [-0.15, -0.1) is 0 Å². The molecule has 5 heteroatoms. The Hall–Kier alpha value is -1.20. The van der Waals surface area contributed by atoms with Gasteiger partial charge in [0.2, 0.25) is 0 Å². The molecule has 0 radical (unpaired) electrons. The van der Waals surface area contributed by atoms with Crippen molar-refractivity contribution < 1.29 is 13.9 Å². The second-order valence-corrected chi connectivity index (χ2v) is 6.33. The van der Waals surface area contributed by atoms with E-state index in [1.807, 2.05) is 0 Å². The van der Waals surface area contributed by atoms with Crippen molar-refractivity contribution in [3.63, 3.8) is 0 Å². The van der Waals surface area contributed by atoms with Crippen LogP contribution >= 0.6 is 0 Å². The SMILES string of the molecule is CC1CN2CCCCC2CN1Cc1cc(F)c(O)c(F)c1. The molecule has 0 aliphatic carbocycles. The summed E-state index contributed by atoms with van der Waals surface area (Å²) in [5.41, 5.74) is 0.582. The number of phenols is 1. The Morgan fingerprint density at radius 2 is 1.90 bits per heavy atom. The zero-order valence-corrected chi connectivity index (χ0v) is 12.4. The maximum Gasteiger partial charge on any atom is 0.187 e. The van der Waals surface area contributed by atoms with Crippen molar-refractivity contribution in [1.82, 2.24) is 9.80 Å². The number of benzene rings is 1. The summed E-state index contributed by atoms with van der Waals surface area (Å²) >= 11 is 0. The fraction of sp³-hybridized carbons (Fsp3) is 0.625. The predicted octanol–water partition coefficient (Wildman–Crippen LogP) is 2.73. The fourth-order valence-corrected chi connectivity index (χ4v) is 3.58. The Balaban J connectivity index is 1.72. The minimum Gasteiger partial charge on any atom is -0.503 e. The molecule has 0 spiro atoms. The van der Waals surface area contributed by atoms with Crippen LogP contribution in [0.1, 0.15) is 31.7 Å². The van der Waals surface area contributed by atoms with E-state index in [1.54, 1.807) is 0 Å². The van der Waals surface area contributed by atoms with Crippen LogP contribution < -0.4 is 0 Å². The lowest BCUT2D eigenvalue weighted by molar-refractivity contribution is 0.0110. The first-order chi connectivity index (χ1) is 10.0. The van der Waals surface area contributed by atoms with E-state index in [9.17, 15) is 13.9 Å². The van der Waals surface area contributed by atoms with Crippen molar-refractivity contribution in [1.29, 1.82) is 0 Å². The van der Waals surface area contributed by atoms with Gasteiger partial charge in [0.1, 0.15) is 0 Å². The molecular weight excluding hydrogens is 274 g/mol. The molecule has 2 atom stereocenters. The van der Waals surface area contributed by atoms with Crippen LogP contribution in [-0.4, -0.2) is 46.6 Å². The highest BCUT2D eigenvalue weighted by atomic mass is 19.1. The molecule has 0 bridgehead atoms. The maximum atomic E-state index is 13.4. The summed E-state index contributed by atoms with van der Waals surface area (Å²) < 4.78 is 26.9. The van der Waals surface area contributed by atoms with E-state index in [1.165, 1.54) is 37.9 Å². The van der Waals surface area contributed by atoms with Gasteiger partial charge < -0.3 is 5.11 Å². The molecule has 2 unspecified atom stereocenters. The van der Waals surface area contributed by atoms with E-state index in [0.717, 1.165) is 13.1 Å². The molecule has 2 aliphatic heterocycles. The van der Waals surface area contributed by atoms with E-state index in [-0.39, 0.29) is 0 Å². The monoisotopic (exact) mass is 296 g/mol. The Kier molecular flexibility index (Phi) is 4.13. The first-order valence-corrected chi connectivity index (χ1v) is 7.69. The van der Waals surface area contributed by atoms with Gasteiger partial charge in [0.25, 0.3) is 0 Å². The number of hydrogen-bond acceptors (Lipinski definition) is 3. The summed E-state index contributed by atoms with van der Waals surface area (Å²) in [5.74, 6) is -2.65. The molecule has 116 valence electrons. The third-order valence-corrected chi connectivity index (χ3v) is 4.78. The Morgan fingerprint density at radius 1 is 1.19 bits per heavy atom. The summed E-state index contributed by atoms with van der Waals surface area (Å²) in [6, 6.07) is 3.41. The quantitative estimate of drug-likeness (QED) is 0.909. The average Bonchev–Trinajstić information content (AvgIpc) is 2.45. The van der Waals surface area contributed by atoms with Crippen molar-refractivity contribution in [2.24, 2.45) is 0 Å². The summed E-state index contributed by atoms with van der Waals surface area (Å²) in [6.45, 7) is 5.84. The van der Waals surface area contributed by atoms with Crippen LogP contribution in [0.3, 0.4) is 0 Å². The number of fused-ring (bicyclic) bond motifs is 1. The molecule has 2 heterocycles. The number of phenolic OH excluding ortho intramolecular Hbond substituents is 1. The maximum absolute atomic E-state index is 13.4. The molecule has 1 aromatic carbocycles. The van der Waals surface area contributed by atoms with Gasteiger partial charge in [-0.1, -0.05) is 6.42 Å². The third kappa shape index (κ3) is 3.04. The molecule has 0 saturated carbocycles. The molecule has 3 rings (SSSR count). The summed E-state index contributed by atoms with van der Waals surface area (Å²) in [7, 11) is 0. The van der Waals surface area contributed by atoms with Crippen molar-refractivity contribution in [3.8, 4) is 5.75 Å². The van der Waals surface area contributed by atoms with Crippen LogP contribution in [0.5, 0.6) is 5.75 Å². The van der Waals surface area contributed by atoms with Crippen LogP contribution in [0.15, 0.2) is 12.1 Å². The molecule has 0 aromatic heterocycles. The van der Waals surface area contributed by atoms with Crippen molar-refractivity contribution in [3.05, 3.63) is 29.3 Å². The number of piperazine rings is 1. The molecule has 2 aliphatic rings. The normalized spacial score (nSPS) is 27.6. The molecule has 2 fully saturated rings. The average molecular weight is 296 g/mol.